The predicted octanol–water partition coefficient (Wildman–Crippen LogP) is 2.09. The van der Waals surface area contributed by atoms with Crippen molar-refractivity contribution in [1.29, 1.82) is 0 Å². The fraction of sp³-hybridized carbons (Fsp3) is 0. The van der Waals surface area contributed by atoms with E-state index in [0.29, 0.717) is 11.8 Å². The molecule has 2 aromatic heterocycles. The molecular weight excluding hydrogens is 184 g/mol. The molecule has 0 spiro atoms. The molecule has 0 aromatic carbocycles. The lowest BCUT2D eigenvalue weighted by molar-refractivity contribution is 0.254. The van der Waals surface area contributed by atoms with Gasteiger partial charge in [-0.1, -0.05) is 0 Å². The van der Waals surface area contributed by atoms with Gasteiger partial charge >= 0.3 is 6.03 Å². The number of hydrogen-bond acceptors (Lipinski definition) is 3. The molecule has 0 unspecified atom stereocenters. The number of carbonyl (C=O) groups excluding carboxylic acids is 1. The second-order valence-electron chi connectivity index (χ2n) is 2.58. The van der Waals surface area contributed by atoms with Gasteiger partial charge in [0.15, 0.2) is 0 Å². The SMILES string of the molecule is NC(=O)N(c1ccco1)c1ccco1. The van der Waals surface area contributed by atoms with Gasteiger partial charge in [0.1, 0.15) is 0 Å². The van der Waals surface area contributed by atoms with Crippen LogP contribution in [0.2, 0.25) is 0 Å². The highest BCUT2D eigenvalue weighted by Gasteiger charge is 2.19. The van der Waals surface area contributed by atoms with Gasteiger partial charge in [0.25, 0.3) is 0 Å². The molecule has 0 aliphatic rings. The molecule has 5 nitrogen and oxygen atoms in total. The van der Waals surface area contributed by atoms with Crippen LogP contribution in [0.5, 0.6) is 0 Å². The van der Waals surface area contributed by atoms with E-state index < -0.39 is 6.03 Å². The normalized spacial score (nSPS) is 10.0. The number of nitrogens with two attached hydrogens (primary N) is 1. The summed E-state index contributed by atoms with van der Waals surface area (Å²) < 4.78 is 10.1. The molecule has 0 saturated carbocycles. The van der Waals surface area contributed by atoms with Crippen molar-refractivity contribution in [3.63, 3.8) is 0 Å². The lowest BCUT2D eigenvalue weighted by Gasteiger charge is -2.12. The molecule has 5 heteroatoms. The maximum absolute atomic E-state index is 11.1. The van der Waals surface area contributed by atoms with E-state index in [-0.39, 0.29) is 0 Å². The van der Waals surface area contributed by atoms with Crippen LogP contribution in [0, 0.1) is 0 Å². The summed E-state index contributed by atoms with van der Waals surface area (Å²) in [7, 11) is 0. The average molecular weight is 192 g/mol. The minimum absolute atomic E-state index is 0.326. The van der Waals surface area contributed by atoms with Crippen molar-refractivity contribution in [2.75, 3.05) is 4.90 Å². The van der Waals surface area contributed by atoms with Gasteiger partial charge in [0.2, 0.25) is 11.8 Å². The Kier molecular flexibility index (Phi) is 1.98. The Morgan fingerprint density at radius 2 is 1.64 bits per heavy atom. The van der Waals surface area contributed by atoms with Crippen LogP contribution in [0.3, 0.4) is 0 Å². The van der Waals surface area contributed by atoms with Crippen LogP contribution in [-0.4, -0.2) is 6.03 Å². The summed E-state index contributed by atoms with van der Waals surface area (Å²) >= 11 is 0. The molecule has 0 atom stereocenters. The number of amides is 2. The zero-order valence-electron chi connectivity index (χ0n) is 7.21. The molecular formula is C9H8N2O3. The molecule has 2 heterocycles. The number of nitrogens with zero attached hydrogens (tertiary/aromatic N) is 1. The Balaban J connectivity index is 2.40. The summed E-state index contributed by atoms with van der Waals surface area (Å²) in [6.45, 7) is 0. The first kappa shape index (κ1) is 8.43. The molecule has 0 radical (unpaired) electrons. The standard InChI is InChI=1S/C9H8N2O3/c10-9(12)11(7-3-1-5-13-7)8-4-2-6-14-8/h1-6H,(H2,10,12). The number of anilines is 2. The molecule has 72 valence electrons. The van der Waals surface area contributed by atoms with Crippen molar-refractivity contribution in [3.8, 4) is 0 Å². The molecule has 0 bridgehead atoms. The summed E-state index contributed by atoms with van der Waals surface area (Å²) in [6.07, 6.45) is 2.91. The van der Waals surface area contributed by atoms with E-state index in [0.717, 1.165) is 4.90 Å². The van der Waals surface area contributed by atoms with Crippen molar-refractivity contribution in [2.24, 2.45) is 5.73 Å². The highest BCUT2D eigenvalue weighted by Crippen LogP contribution is 2.25. The van der Waals surface area contributed by atoms with Crippen LogP contribution in [0.1, 0.15) is 0 Å². The van der Waals surface area contributed by atoms with E-state index in [1.165, 1.54) is 12.5 Å². The highest BCUT2D eigenvalue weighted by atomic mass is 16.4. The summed E-state index contributed by atoms with van der Waals surface area (Å²) in [5.41, 5.74) is 5.19. The smallest absolute Gasteiger partial charge is 0.328 e. The van der Waals surface area contributed by atoms with Crippen molar-refractivity contribution < 1.29 is 13.6 Å². The number of urea groups is 1. The first-order valence-corrected chi connectivity index (χ1v) is 3.95. The van der Waals surface area contributed by atoms with Gasteiger partial charge in [-0.05, 0) is 12.1 Å². The van der Waals surface area contributed by atoms with E-state index in [1.54, 1.807) is 24.3 Å². The third-order valence-corrected chi connectivity index (χ3v) is 1.67. The van der Waals surface area contributed by atoms with Crippen molar-refractivity contribution >= 4 is 17.8 Å². The summed E-state index contributed by atoms with van der Waals surface area (Å²) in [6, 6.07) is 5.90. The van der Waals surface area contributed by atoms with Crippen molar-refractivity contribution in [2.45, 2.75) is 0 Å². The third-order valence-electron chi connectivity index (χ3n) is 1.67. The number of furan rings is 2. The van der Waals surface area contributed by atoms with Gasteiger partial charge in [0.05, 0.1) is 12.5 Å². The van der Waals surface area contributed by atoms with Gasteiger partial charge in [-0.25, -0.2) is 9.69 Å². The van der Waals surface area contributed by atoms with Crippen molar-refractivity contribution in [1.82, 2.24) is 0 Å². The Morgan fingerprint density at radius 1 is 1.14 bits per heavy atom. The number of carbonyl (C=O) groups is 1. The zero-order valence-corrected chi connectivity index (χ0v) is 7.21. The fourth-order valence-electron chi connectivity index (χ4n) is 1.12. The molecule has 0 saturated heterocycles. The summed E-state index contributed by atoms with van der Waals surface area (Å²) in [5, 5.41) is 0. The Bertz CT molecular complexity index is 371. The monoisotopic (exact) mass is 192 g/mol. The Morgan fingerprint density at radius 3 is 1.93 bits per heavy atom. The van der Waals surface area contributed by atoms with E-state index >= 15 is 0 Å². The van der Waals surface area contributed by atoms with Gasteiger partial charge < -0.3 is 14.6 Å². The van der Waals surface area contributed by atoms with Crippen LogP contribution >= 0.6 is 0 Å². The lowest BCUT2D eigenvalue weighted by atomic mass is 10.5. The topological polar surface area (TPSA) is 72.6 Å². The minimum Gasteiger partial charge on any atom is -0.448 e. The second-order valence-corrected chi connectivity index (χ2v) is 2.58. The summed E-state index contributed by atoms with van der Waals surface area (Å²) in [4.78, 5) is 12.3. The molecule has 2 aromatic rings. The Labute approximate surface area is 79.7 Å². The maximum atomic E-state index is 11.1. The van der Waals surface area contributed by atoms with Gasteiger partial charge in [0, 0.05) is 12.1 Å². The first-order valence-electron chi connectivity index (χ1n) is 3.95. The van der Waals surface area contributed by atoms with Crippen LogP contribution in [0.15, 0.2) is 45.6 Å². The van der Waals surface area contributed by atoms with Crippen LogP contribution in [0.25, 0.3) is 0 Å². The maximum Gasteiger partial charge on any atom is 0.328 e. The minimum atomic E-state index is -0.657. The molecule has 0 fully saturated rings. The molecule has 0 aliphatic carbocycles. The van der Waals surface area contributed by atoms with E-state index in [1.807, 2.05) is 0 Å². The third kappa shape index (κ3) is 1.35. The van der Waals surface area contributed by atoms with Crippen LogP contribution in [0.4, 0.5) is 16.6 Å². The molecule has 14 heavy (non-hydrogen) atoms. The van der Waals surface area contributed by atoms with E-state index in [4.69, 9.17) is 14.6 Å². The molecule has 2 rings (SSSR count). The van der Waals surface area contributed by atoms with Crippen LogP contribution in [-0.2, 0) is 0 Å². The zero-order chi connectivity index (χ0) is 9.97. The van der Waals surface area contributed by atoms with Gasteiger partial charge in [-0.15, -0.1) is 0 Å². The molecule has 2 amide bonds. The van der Waals surface area contributed by atoms with E-state index in [2.05, 4.69) is 0 Å². The quantitative estimate of drug-likeness (QED) is 0.791. The average Bonchev–Trinajstić information content (AvgIpc) is 2.75. The molecule has 0 aliphatic heterocycles. The second kappa shape index (κ2) is 3.29. The number of primary amides is 1. The Hall–Kier alpha value is -2.17. The van der Waals surface area contributed by atoms with Crippen molar-refractivity contribution in [3.05, 3.63) is 36.8 Å². The fourth-order valence-corrected chi connectivity index (χ4v) is 1.12. The molecule has 2 N–H and O–H groups in total. The number of hydrogen-bond donors (Lipinski definition) is 1. The van der Waals surface area contributed by atoms with Gasteiger partial charge in [-0.2, -0.15) is 0 Å². The van der Waals surface area contributed by atoms with Gasteiger partial charge in [-0.3, -0.25) is 0 Å². The predicted molar refractivity (Wildman–Crippen MR) is 49.1 cm³/mol. The number of rotatable bonds is 2. The largest absolute Gasteiger partial charge is 0.448 e. The lowest BCUT2D eigenvalue weighted by Crippen LogP contribution is -2.30. The van der Waals surface area contributed by atoms with E-state index in [9.17, 15) is 4.79 Å². The highest BCUT2D eigenvalue weighted by molar-refractivity contribution is 5.95. The van der Waals surface area contributed by atoms with Crippen LogP contribution < -0.4 is 10.6 Å². The first-order chi connectivity index (χ1) is 6.79. The summed E-state index contributed by atoms with van der Waals surface area (Å²) in [5.74, 6) is 0.653.